The molecule has 1 atom stereocenters. The number of amides is 1. The highest BCUT2D eigenvalue weighted by atomic mass is 16.1. The highest BCUT2D eigenvalue weighted by molar-refractivity contribution is 5.78. The molecule has 1 aromatic rings. The lowest BCUT2D eigenvalue weighted by atomic mass is 10.2. The smallest absolute Gasteiger partial charge is 0.220 e. The van der Waals surface area contributed by atoms with E-state index in [1.54, 1.807) is 6.20 Å². The van der Waals surface area contributed by atoms with Gasteiger partial charge in [0.1, 0.15) is 0 Å². The number of pyridine rings is 1. The molecule has 0 aliphatic carbocycles. The predicted molar refractivity (Wildman–Crippen MR) is 57.1 cm³/mol. The Hall–Kier alpha value is -1.42. The normalized spacial score (nSPS) is 20.3. The molecule has 0 unspecified atom stereocenters. The third-order valence-corrected chi connectivity index (χ3v) is 2.53. The lowest BCUT2D eigenvalue weighted by Crippen LogP contribution is -2.35. The standard InChI is InChI=1S/C11H15N3O/c15-11-4-3-10(14-11)8-13-7-9-2-1-5-12-6-9/h1-2,5-6,10,13H,3-4,7-8H2,(H,14,15)/t10-/m0/s1. The van der Waals surface area contributed by atoms with Crippen molar-refractivity contribution < 1.29 is 4.79 Å². The van der Waals surface area contributed by atoms with E-state index in [-0.39, 0.29) is 5.91 Å². The van der Waals surface area contributed by atoms with E-state index < -0.39 is 0 Å². The summed E-state index contributed by atoms with van der Waals surface area (Å²) in [5.74, 6) is 0.170. The van der Waals surface area contributed by atoms with Crippen molar-refractivity contribution in [3.05, 3.63) is 30.1 Å². The van der Waals surface area contributed by atoms with Crippen LogP contribution in [0.5, 0.6) is 0 Å². The summed E-state index contributed by atoms with van der Waals surface area (Å²) in [6, 6.07) is 4.26. The van der Waals surface area contributed by atoms with Crippen LogP contribution in [0.3, 0.4) is 0 Å². The second kappa shape index (κ2) is 4.89. The van der Waals surface area contributed by atoms with Gasteiger partial charge < -0.3 is 10.6 Å². The van der Waals surface area contributed by atoms with Crippen LogP contribution in [0.1, 0.15) is 18.4 Å². The van der Waals surface area contributed by atoms with Gasteiger partial charge in [-0.3, -0.25) is 9.78 Å². The average Bonchev–Trinajstić information content (AvgIpc) is 2.66. The Labute approximate surface area is 89.1 Å². The molecule has 0 radical (unpaired) electrons. The van der Waals surface area contributed by atoms with Gasteiger partial charge in [-0.25, -0.2) is 0 Å². The lowest BCUT2D eigenvalue weighted by Gasteiger charge is -2.10. The summed E-state index contributed by atoms with van der Waals surface area (Å²) in [6.45, 7) is 1.64. The van der Waals surface area contributed by atoms with Crippen LogP contribution in [-0.2, 0) is 11.3 Å². The van der Waals surface area contributed by atoms with E-state index >= 15 is 0 Å². The van der Waals surface area contributed by atoms with Gasteiger partial charge in [0.15, 0.2) is 0 Å². The van der Waals surface area contributed by atoms with Gasteiger partial charge in [-0.15, -0.1) is 0 Å². The van der Waals surface area contributed by atoms with Crippen LogP contribution in [0.2, 0.25) is 0 Å². The summed E-state index contributed by atoms with van der Waals surface area (Å²) in [4.78, 5) is 15.0. The van der Waals surface area contributed by atoms with Crippen molar-refractivity contribution in [3.63, 3.8) is 0 Å². The van der Waals surface area contributed by atoms with E-state index in [1.807, 2.05) is 18.3 Å². The van der Waals surface area contributed by atoms with Crippen LogP contribution >= 0.6 is 0 Å². The van der Waals surface area contributed by atoms with Crippen molar-refractivity contribution in [3.8, 4) is 0 Å². The fraction of sp³-hybridized carbons (Fsp3) is 0.455. The van der Waals surface area contributed by atoms with Crippen molar-refractivity contribution in [2.45, 2.75) is 25.4 Å². The molecule has 2 rings (SSSR count). The largest absolute Gasteiger partial charge is 0.352 e. The van der Waals surface area contributed by atoms with Gasteiger partial charge in [0.2, 0.25) is 5.91 Å². The molecule has 1 fully saturated rings. The van der Waals surface area contributed by atoms with Gasteiger partial charge in [0.25, 0.3) is 0 Å². The molecule has 1 amide bonds. The second-order valence-corrected chi connectivity index (χ2v) is 3.80. The number of carbonyl (C=O) groups is 1. The van der Waals surface area contributed by atoms with Crippen molar-refractivity contribution in [1.29, 1.82) is 0 Å². The molecule has 0 aromatic carbocycles. The van der Waals surface area contributed by atoms with Gasteiger partial charge in [-0.1, -0.05) is 6.07 Å². The molecule has 0 saturated carbocycles. The van der Waals surface area contributed by atoms with E-state index in [0.717, 1.165) is 19.5 Å². The molecular formula is C11H15N3O. The number of hydrogen-bond donors (Lipinski definition) is 2. The molecule has 2 heterocycles. The van der Waals surface area contributed by atoms with Crippen molar-refractivity contribution in [1.82, 2.24) is 15.6 Å². The third-order valence-electron chi connectivity index (χ3n) is 2.53. The van der Waals surface area contributed by atoms with Gasteiger partial charge in [-0.05, 0) is 18.1 Å². The molecule has 1 aliphatic heterocycles. The molecule has 4 heteroatoms. The van der Waals surface area contributed by atoms with Gasteiger partial charge in [0, 0.05) is 37.9 Å². The summed E-state index contributed by atoms with van der Waals surface area (Å²) < 4.78 is 0. The van der Waals surface area contributed by atoms with Gasteiger partial charge >= 0.3 is 0 Å². The fourth-order valence-electron chi connectivity index (χ4n) is 1.72. The molecule has 1 aromatic heterocycles. The quantitative estimate of drug-likeness (QED) is 0.750. The zero-order chi connectivity index (χ0) is 10.5. The lowest BCUT2D eigenvalue weighted by molar-refractivity contribution is -0.119. The Morgan fingerprint density at radius 2 is 2.53 bits per heavy atom. The van der Waals surface area contributed by atoms with E-state index in [9.17, 15) is 4.79 Å². The molecule has 4 nitrogen and oxygen atoms in total. The summed E-state index contributed by atoms with van der Waals surface area (Å²) in [7, 11) is 0. The number of aromatic nitrogens is 1. The number of carbonyl (C=O) groups excluding carboxylic acids is 1. The second-order valence-electron chi connectivity index (χ2n) is 3.80. The number of nitrogens with zero attached hydrogens (tertiary/aromatic N) is 1. The van der Waals surface area contributed by atoms with Crippen molar-refractivity contribution >= 4 is 5.91 Å². The maximum Gasteiger partial charge on any atom is 0.220 e. The van der Waals surface area contributed by atoms with Crippen molar-refractivity contribution in [2.24, 2.45) is 0 Å². The van der Waals surface area contributed by atoms with Crippen LogP contribution < -0.4 is 10.6 Å². The number of nitrogens with one attached hydrogen (secondary N) is 2. The summed E-state index contributed by atoms with van der Waals surface area (Å²) >= 11 is 0. The summed E-state index contributed by atoms with van der Waals surface area (Å²) in [6.07, 6.45) is 5.22. The first-order valence-electron chi connectivity index (χ1n) is 5.23. The zero-order valence-electron chi connectivity index (χ0n) is 8.57. The molecule has 1 aliphatic rings. The molecule has 0 spiro atoms. The first-order valence-corrected chi connectivity index (χ1v) is 5.23. The van der Waals surface area contributed by atoms with Crippen LogP contribution in [0.15, 0.2) is 24.5 Å². The fourth-order valence-corrected chi connectivity index (χ4v) is 1.72. The van der Waals surface area contributed by atoms with E-state index in [0.29, 0.717) is 12.5 Å². The van der Waals surface area contributed by atoms with Crippen LogP contribution in [-0.4, -0.2) is 23.5 Å². The van der Waals surface area contributed by atoms with E-state index in [4.69, 9.17) is 0 Å². The van der Waals surface area contributed by atoms with Crippen LogP contribution in [0.25, 0.3) is 0 Å². The minimum Gasteiger partial charge on any atom is -0.352 e. The molecule has 2 N–H and O–H groups in total. The Kier molecular flexibility index (Phi) is 3.29. The van der Waals surface area contributed by atoms with Crippen LogP contribution in [0.4, 0.5) is 0 Å². The SMILES string of the molecule is O=C1CC[C@@H](CNCc2cccnc2)N1. The Morgan fingerprint density at radius 3 is 3.20 bits per heavy atom. The molecule has 1 saturated heterocycles. The first kappa shape index (κ1) is 10.1. The third kappa shape index (κ3) is 3.02. The number of hydrogen-bond acceptors (Lipinski definition) is 3. The maximum atomic E-state index is 10.9. The minimum absolute atomic E-state index is 0.170. The highest BCUT2D eigenvalue weighted by Gasteiger charge is 2.19. The van der Waals surface area contributed by atoms with Crippen LogP contribution in [0, 0.1) is 0 Å². The Bertz CT molecular complexity index is 326. The topological polar surface area (TPSA) is 54.0 Å². The summed E-state index contributed by atoms with van der Waals surface area (Å²) in [5.41, 5.74) is 1.17. The Morgan fingerprint density at radius 1 is 1.60 bits per heavy atom. The van der Waals surface area contributed by atoms with E-state index in [2.05, 4.69) is 15.6 Å². The highest BCUT2D eigenvalue weighted by Crippen LogP contribution is 2.05. The average molecular weight is 205 g/mol. The molecular weight excluding hydrogens is 190 g/mol. The van der Waals surface area contributed by atoms with Crippen molar-refractivity contribution in [2.75, 3.05) is 6.54 Å². The van der Waals surface area contributed by atoms with Gasteiger partial charge in [0.05, 0.1) is 0 Å². The van der Waals surface area contributed by atoms with Gasteiger partial charge in [-0.2, -0.15) is 0 Å². The summed E-state index contributed by atoms with van der Waals surface area (Å²) in [5, 5.41) is 6.23. The zero-order valence-corrected chi connectivity index (χ0v) is 8.57. The Balaban J connectivity index is 1.69. The molecule has 80 valence electrons. The van der Waals surface area contributed by atoms with E-state index in [1.165, 1.54) is 5.56 Å². The predicted octanol–water partition coefficient (Wildman–Crippen LogP) is 0.450. The molecule has 15 heavy (non-hydrogen) atoms. The minimum atomic E-state index is 0.170. The maximum absolute atomic E-state index is 10.9. The first-order chi connectivity index (χ1) is 7.34. The monoisotopic (exact) mass is 205 g/mol. The number of rotatable bonds is 4. The molecule has 0 bridgehead atoms.